The van der Waals surface area contributed by atoms with Gasteiger partial charge >= 0.3 is 0 Å². The van der Waals surface area contributed by atoms with Crippen molar-refractivity contribution in [1.29, 1.82) is 0 Å². The summed E-state index contributed by atoms with van der Waals surface area (Å²) in [5.41, 5.74) is 5.38. The summed E-state index contributed by atoms with van der Waals surface area (Å²) in [7, 11) is 0. The van der Waals surface area contributed by atoms with Crippen LogP contribution in [0.3, 0.4) is 0 Å². The van der Waals surface area contributed by atoms with Gasteiger partial charge in [-0.25, -0.2) is 0 Å². The van der Waals surface area contributed by atoms with E-state index in [1.54, 1.807) is 0 Å². The summed E-state index contributed by atoms with van der Waals surface area (Å²) in [5.74, 6) is 0.433. The van der Waals surface area contributed by atoms with E-state index in [-0.39, 0.29) is 11.8 Å². The molecule has 1 aliphatic heterocycles. The first-order valence-corrected chi connectivity index (χ1v) is 5.09. The molecule has 0 aromatic heterocycles. The average Bonchev–Trinajstić information content (AvgIpc) is 2.07. The predicted octanol–water partition coefficient (Wildman–Crippen LogP) is 0.921. The molecule has 0 spiro atoms. The zero-order chi connectivity index (χ0) is 9.84. The summed E-state index contributed by atoms with van der Waals surface area (Å²) >= 11 is 4.77. The van der Waals surface area contributed by atoms with Crippen LogP contribution in [0.2, 0.25) is 0 Å². The van der Waals surface area contributed by atoms with Crippen LogP contribution in [-0.2, 0) is 4.79 Å². The highest BCUT2D eigenvalue weighted by Crippen LogP contribution is 2.16. The first-order chi connectivity index (χ1) is 6.11. The Hall–Kier alpha value is -0.640. The predicted molar refractivity (Wildman–Crippen MR) is 56.4 cm³/mol. The van der Waals surface area contributed by atoms with Crippen molar-refractivity contribution in [2.75, 3.05) is 13.1 Å². The minimum atomic E-state index is 0.181. The minimum Gasteiger partial charge on any atom is -0.393 e. The van der Waals surface area contributed by atoms with Gasteiger partial charge in [0.05, 0.1) is 4.99 Å². The Morgan fingerprint density at radius 1 is 1.77 bits per heavy atom. The maximum Gasteiger partial charge on any atom is 0.225 e. The van der Waals surface area contributed by atoms with Gasteiger partial charge in [-0.3, -0.25) is 4.79 Å². The van der Waals surface area contributed by atoms with Crippen LogP contribution in [0.1, 0.15) is 26.2 Å². The minimum absolute atomic E-state index is 0.181. The Morgan fingerprint density at radius 2 is 2.46 bits per heavy atom. The molecule has 1 unspecified atom stereocenters. The third-order valence-electron chi connectivity index (χ3n) is 2.43. The number of rotatable bonds is 3. The molecule has 1 saturated heterocycles. The van der Waals surface area contributed by atoms with Crippen LogP contribution < -0.4 is 5.73 Å². The lowest BCUT2D eigenvalue weighted by Gasteiger charge is -2.30. The van der Waals surface area contributed by atoms with E-state index in [1.807, 2.05) is 11.8 Å². The molecule has 74 valence electrons. The topological polar surface area (TPSA) is 46.3 Å². The first kappa shape index (κ1) is 10.4. The Morgan fingerprint density at radius 3 is 3.08 bits per heavy atom. The van der Waals surface area contributed by atoms with Gasteiger partial charge in [-0.15, -0.1) is 0 Å². The lowest BCUT2D eigenvalue weighted by atomic mass is 9.99. The smallest absolute Gasteiger partial charge is 0.225 e. The van der Waals surface area contributed by atoms with E-state index in [0.717, 1.165) is 19.4 Å². The highest BCUT2D eigenvalue weighted by atomic mass is 32.1. The molecule has 0 aromatic carbocycles. The number of nitrogens with zero attached hydrogens (tertiary/aromatic N) is 1. The van der Waals surface area contributed by atoms with Crippen molar-refractivity contribution >= 4 is 23.1 Å². The average molecular weight is 200 g/mol. The molecular weight excluding hydrogens is 184 g/mol. The number of piperidine rings is 1. The van der Waals surface area contributed by atoms with Gasteiger partial charge in [-0.2, -0.15) is 0 Å². The SMILES string of the molecule is CC1CCCN(CCC(N)=S)C1=O. The molecule has 1 fully saturated rings. The number of carbonyl (C=O) groups is 1. The molecule has 0 radical (unpaired) electrons. The second kappa shape index (κ2) is 4.56. The number of carbonyl (C=O) groups excluding carboxylic acids is 1. The van der Waals surface area contributed by atoms with Gasteiger partial charge in [0.25, 0.3) is 0 Å². The number of amides is 1. The van der Waals surface area contributed by atoms with Crippen molar-refractivity contribution in [2.45, 2.75) is 26.2 Å². The van der Waals surface area contributed by atoms with Crippen LogP contribution in [0.4, 0.5) is 0 Å². The first-order valence-electron chi connectivity index (χ1n) is 4.68. The molecule has 0 bridgehead atoms. The largest absolute Gasteiger partial charge is 0.393 e. The molecule has 1 rings (SSSR count). The van der Waals surface area contributed by atoms with E-state index < -0.39 is 0 Å². The number of nitrogens with two attached hydrogens (primary N) is 1. The monoisotopic (exact) mass is 200 g/mol. The molecule has 0 aromatic rings. The van der Waals surface area contributed by atoms with Gasteiger partial charge in [0.1, 0.15) is 0 Å². The zero-order valence-electron chi connectivity index (χ0n) is 7.95. The Labute approximate surface area is 84.3 Å². The van der Waals surface area contributed by atoms with E-state index in [1.165, 1.54) is 0 Å². The van der Waals surface area contributed by atoms with Gasteiger partial charge in [0.15, 0.2) is 0 Å². The second-order valence-corrected chi connectivity index (χ2v) is 4.11. The Kier molecular flexibility index (Phi) is 3.66. The van der Waals surface area contributed by atoms with Gasteiger partial charge in [0.2, 0.25) is 5.91 Å². The molecule has 1 heterocycles. The van der Waals surface area contributed by atoms with E-state index in [2.05, 4.69) is 0 Å². The summed E-state index contributed by atoms with van der Waals surface area (Å²) in [6.07, 6.45) is 2.76. The summed E-state index contributed by atoms with van der Waals surface area (Å²) in [4.78, 5) is 13.9. The summed E-state index contributed by atoms with van der Waals surface area (Å²) < 4.78 is 0. The molecule has 1 aliphatic rings. The van der Waals surface area contributed by atoms with Crippen LogP contribution in [0.15, 0.2) is 0 Å². The van der Waals surface area contributed by atoms with Crippen LogP contribution in [0, 0.1) is 5.92 Å². The molecular formula is C9H16N2OS. The standard InChI is InChI=1S/C9H16N2OS/c1-7-3-2-5-11(9(7)12)6-4-8(10)13/h7H,2-6H2,1H3,(H2,10,13). The van der Waals surface area contributed by atoms with Crippen LogP contribution in [-0.4, -0.2) is 28.9 Å². The number of hydrogen-bond acceptors (Lipinski definition) is 2. The quantitative estimate of drug-likeness (QED) is 0.689. The van der Waals surface area contributed by atoms with E-state index >= 15 is 0 Å². The molecule has 0 aliphatic carbocycles. The Balaban J connectivity index is 2.40. The van der Waals surface area contributed by atoms with E-state index in [0.29, 0.717) is 18.0 Å². The summed E-state index contributed by atoms with van der Waals surface area (Å²) in [6.45, 7) is 3.54. The molecule has 0 saturated carbocycles. The lowest BCUT2D eigenvalue weighted by molar-refractivity contribution is -0.137. The van der Waals surface area contributed by atoms with Crippen molar-refractivity contribution in [3.63, 3.8) is 0 Å². The van der Waals surface area contributed by atoms with E-state index in [9.17, 15) is 4.79 Å². The normalized spacial score (nSPS) is 23.3. The van der Waals surface area contributed by atoms with Crippen molar-refractivity contribution in [3.8, 4) is 0 Å². The molecule has 4 heteroatoms. The number of likely N-dealkylation sites (tertiary alicyclic amines) is 1. The fourth-order valence-corrected chi connectivity index (χ4v) is 1.69. The second-order valence-electron chi connectivity index (χ2n) is 3.58. The zero-order valence-corrected chi connectivity index (χ0v) is 8.77. The van der Waals surface area contributed by atoms with Crippen molar-refractivity contribution < 1.29 is 4.79 Å². The molecule has 13 heavy (non-hydrogen) atoms. The van der Waals surface area contributed by atoms with E-state index in [4.69, 9.17) is 18.0 Å². The van der Waals surface area contributed by atoms with Crippen LogP contribution >= 0.6 is 12.2 Å². The summed E-state index contributed by atoms with van der Waals surface area (Å²) in [5, 5.41) is 0. The molecule has 1 amide bonds. The van der Waals surface area contributed by atoms with Gasteiger partial charge in [-0.05, 0) is 12.8 Å². The third-order valence-corrected chi connectivity index (χ3v) is 2.63. The third kappa shape index (κ3) is 2.95. The van der Waals surface area contributed by atoms with Crippen molar-refractivity contribution in [2.24, 2.45) is 11.7 Å². The summed E-state index contributed by atoms with van der Waals surface area (Å²) in [6, 6.07) is 0. The highest BCUT2D eigenvalue weighted by molar-refractivity contribution is 7.80. The van der Waals surface area contributed by atoms with Crippen molar-refractivity contribution in [1.82, 2.24) is 4.90 Å². The highest BCUT2D eigenvalue weighted by Gasteiger charge is 2.24. The maximum absolute atomic E-state index is 11.6. The van der Waals surface area contributed by atoms with Gasteiger partial charge < -0.3 is 10.6 Å². The lowest BCUT2D eigenvalue weighted by Crippen LogP contribution is -2.41. The molecule has 3 nitrogen and oxygen atoms in total. The molecule has 1 atom stereocenters. The van der Waals surface area contributed by atoms with Crippen molar-refractivity contribution in [3.05, 3.63) is 0 Å². The fourth-order valence-electron chi connectivity index (χ4n) is 1.60. The molecule has 2 N–H and O–H groups in total. The van der Waals surface area contributed by atoms with Crippen LogP contribution in [0.25, 0.3) is 0 Å². The number of thiocarbonyl (C=S) groups is 1. The van der Waals surface area contributed by atoms with Gasteiger partial charge in [-0.1, -0.05) is 19.1 Å². The number of hydrogen-bond donors (Lipinski definition) is 1. The Bertz CT molecular complexity index is 218. The fraction of sp³-hybridized carbons (Fsp3) is 0.778. The maximum atomic E-state index is 11.6. The van der Waals surface area contributed by atoms with Crippen LogP contribution in [0.5, 0.6) is 0 Å². The van der Waals surface area contributed by atoms with Gasteiger partial charge in [0, 0.05) is 25.4 Å².